The summed E-state index contributed by atoms with van der Waals surface area (Å²) >= 11 is 15.5. The number of carboxylic acids is 1. The monoisotopic (exact) mass is 834 g/mol. The normalized spacial score (nSPS) is 18.5. The van der Waals surface area contributed by atoms with Crippen LogP contribution < -0.4 is 21.3 Å². The van der Waals surface area contributed by atoms with Crippen LogP contribution in [0.15, 0.2) is 72.6 Å². The molecule has 0 unspecified atom stereocenters. The van der Waals surface area contributed by atoms with Gasteiger partial charge in [0.1, 0.15) is 16.5 Å². The number of hydrogen-bond acceptors (Lipinski definition) is 9. The summed E-state index contributed by atoms with van der Waals surface area (Å²) in [5.41, 5.74) is 3.44. The minimum Gasteiger partial charge on any atom is -0.481 e. The van der Waals surface area contributed by atoms with E-state index >= 15 is 0 Å². The summed E-state index contributed by atoms with van der Waals surface area (Å²) in [4.78, 5) is 31.6. The van der Waals surface area contributed by atoms with E-state index in [9.17, 15) is 27.9 Å². The van der Waals surface area contributed by atoms with Crippen LogP contribution in [-0.2, 0) is 28.9 Å². The molecule has 9 nitrogen and oxygen atoms in total. The zero-order valence-corrected chi connectivity index (χ0v) is 32.9. The number of alkyl halides is 3. The maximum Gasteiger partial charge on any atom is 0.416 e. The molecule has 1 saturated carbocycles. The number of pyridine rings is 1. The van der Waals surface area contributed by atoms with Gasteiger partial charge in [-0.3, -0.25) is 4.79 Å². The Bertz CT molecular complexity index is 2360. The molecule has 0 bridgehead atoms. The Morgan fingerprint density at radius 2 is 1.72 bits per heavy atom. The fourth-order valence-corrected chi connectivity index (χ4v) is 8.81. The highest BCUT2D eigenvalue weighted by atomic mass is 35.5. The molecule has 1 aliphatic carbocycles. The number of halogens is 5. The first kappa shape index (κ1) is 40.4. The highest BCUT2D eigenvalue weighted by molar-refractivity contribution is 7.18. The number of benzene rings is 3. The van der Waals surface area contributed by atoms with Gasteiger partial charge in [-0.15, -0.1) is 11.3 Å². The third kappa shape index (κ3) is 9.69. The van der Waals surface area contributed by atoms with Crippen LogP contribution in [0.4, 0.5) is 24.7 Å². The Hall–Kier alpha value is -4.75. The van der Waals surface area contributed by atoms with E-state index in [1.165, 1.54) is 18.2 Å². The zero-order chi connectivity index (χ0) is 40.1. The van der Waals surface area contributed by atoms with Gasteiger partial charge < -0.3 is 26.4 Å². The third-order valence-corrected chi connectivity index (χ3v) is 12.2. The lowest BCUT2D eigenvalue weighted by atomic mass is 9.86. The summed E-state index contributed by atoms with van der Waals surface area (Å²) < 4.78 is 43.2. The molecule has 57 heavy (non-hydrogen) atoms. The lowest BCUT2D eigenvalue weighted by molar-refractivity contribution is -0.143. The summed E-state index contributed by atoms with van der Waals surface area (Å²) in [5.74, 6) is 1.42. The molecule has 2 aliphatic rings. The molecule has 5 aromatic rings. The van der Waals surface area contributed by atoms with Gasteiger partial charge in [0, 0.05) is 55.5 Å². The number of thiazole rings is 1. The lowest BCUT2D eigenvalue weighted by Crippen LogP contribution is -2.34. The molecule has 0 spiro atoms. The van der Waals surface area contributed by atoms with E-state index < -0.39 is 17.7 Å². The van der Waals surface area contributed by atoms with Crippen LogP contribution in [0.25, 0.3) is 33.5 Å². The number of fused-ring (bicyclic) bond motifs is 1. The van der Waals surface area contributed by atoms with Crippen molar-refractivity contribution < 1.29 is 27.9 Å². The van der Waals surface area contributed by atoms with Crippen LogP contribution in [0, 0.1) is 5.92 Å². The number of hydrogen-bond donors (Lipinski definition) is 5. The summed E-state index contributed by atoms with van der Waals surface area (Å²) in [6.45, 7) is 1.46. The average Bonchev–Trinajstić information content (AvgIpc) is 3.85. The highest BCUT2D eigenvalue weighted by Gasteiger charge is 2.33. The maximum absolute atomic E-state index is 14.1. The van der Waals surface area contributed by atoms with Crippen molar-refractivity contribution in [2.45, 2.75) is 69.9 Å². The maximum atomic E-state index is 14.1. The zero-order valence-electron chi connectivity index (χ0n) is 30.6. The molecule has 0 amide bonds. The van der Waals surface area contributed by atoms with E-state index in [-0.39, 0.29) is 23.6 Å². The van der Waals surface area contributed by atoms with Crippen LogP contribution in [0.2, 0.25) is 10.0 Å². The van der Waals surface area contributed by atoms with Gasteiger partial charge in [-0.1, -0.05) is 71.8 Å². The van der Waals surface area contributed by atoms with Crippen molar-refractivity contribution in [3.63, 3.8) is 0 Å². The Labute approximate surface area is 341 Å². The molecular weight excluding hydrogens is 796 g/mol. The average molecular weight is 836 g/mol. The quantitative estimate of drug-likeness (QED) is 0.0582. The summed E-state index contributed by atoms with van der Waals surface area (Å²) in [5, 5.41) is 24.1. The van der Waals surface area contributed by atoms with E-state index in [0.29, 0.717) is 93.9 Å². The van der Waals surface area contributed by atoms with Crippen molar-refractivity contribution >= 4 is 80.3 Å². The molecule has 3 heterocycles. The molecule has 1 saturated heterocycles. The number of carbonyl (C=O) groups excluding carboxylic acids is 1. The summed E-state index contributed by atoms with van der Waals surface area (Å²) in [7, 11) is 0. The van der Waals surface area contributed by atoms with Gasteiger partial charge in [0.25, 0.3) is 0 Å². The SMILES string of the molecule is O=C=C1CC[C@@H](CNCc2ccc(C(F)(F)F)c(/C=C/c3cccc(-c4cccc(Nc5nccc6sc(CNC7CCC(C(=O)O)CC7)nc56)c4Cl)c3Cl)c2)N1. The van der Waals surface area contributed by atoms with Crippen LogP contribution in [0.3, 0.4) is 0 Å². The molecule has 1 atom stereocenters. The van der Waals surface area contributed by atoms with Gasteiger partial charge in [-0.05, 0) is 73.1 Å². The first-order valence-electron chi connectivity index (χ1n) is 18.6. The Morgan fingerprint density at radius 1 is 0.965 bits per heavy atom. The molecule has 0 radical (unpaired) electrons. The van der Waals surface area contributed by atoms with E-state index in [0.717, 1.165) is 35.0 Å². The van der Waals surface area contributed by atoms with Gasteiger partial charge in [0.2, 0.25) is 0 Å². The second kappa shape index (κ2) is 17.8. The molecule has 3 aromatic carbocycles. The molecule has 2 fully saturated rings. The third-order valence-electron chi connectivity index (χ3n) is 10.4. The minimum atomic E-state index is -4.57. The highest BCUT2D eigenvalue weighted by Crippen LogP contribution is 2.41. The van der Waals surface area contributed by atoms with Crippen LogP contribution in [-0.4, -0.2) is 45.6 Å². The number of rotatable bonds is 13. The molecule has 1 aliphatic heterocycles. The van der Waals surface area contributed by atoms with Crippen molar-refractivity contribution in [1.82, 2.24) is 25.9 Å². The number of aromatic nitrogens is 2. The largest absolute Gasteiger partial charge is 0.481 e. The van der Waals surface area contributed by atoms with Gasteiger partial charge in [0.15, 0.2) is 5.82 Å². The number of carboxylic acid groups (broad SMARTS) is 1. The standard InChI is InChI=1S/C42H39Cl2F3N6O3S/c43-37-25(8-9-27-19-24(7-16-33(27)42(45,46)47)20-48-21-29-14-15-30(23-54)51-29)3-1-4-31(37)32-5-2-6-34(38(32)44)52-40-39-35(17-18-49-40)57-36(53-39)22-50-28-12-10-26(11-13-28)41(55)56/h1-9,16-19,26,28-29,48,50-51H,10-15,20-22H2,(H,49,52)(H,55,56)/b9-8+/t26?,28?,29-/m0/s1. The van der Waals surface area contributed by atoms with Crippen molar-refractivity contribution in [2.75, 3.05) is 11.9 Å². The predicted molar refractivity (Wildman–Crippen MR) is 220 cm³/mol. The van der Waals surface area contributed by atoms with E-state index in [1.807, 2.05) is 30.2 Å². The molecule has 5 N–H and O–H groups in total. The van der Waals surface area contributed by atoms with Crippen molar-refractivity contribution in [1.29, 1.82) is 0 Å². The number of allylic oxidation sites excluding steroid dienone is 1. The van der Waals surface area contributed by atoms with Crippen LogP contribution in [0.5, 0.6) is 0 Å². The Kier molecular flexibility index (Phi) is 12.6. The number of anilines is 2. The predicted octanol–water partition coefficient (Wildman–Crippen LogP) is 9.89. The molecule has 7 rings (SSSR count). The number of aliphatic carboxylic acids is 1. The summed E-state index contributed by atoms with van der Waals surface area (Å²) in [6, 6.07) is 17.0. The topological polar surface area (TPSA) is 128 Å². The molecule has 2 aromatic heterocycles. The second-order valence-corrected chi connectivity index (χ2v) is 16.1. The number of nitrogens with zero attached hydrogens (tertiary/aromatic N) is 2. The van der Waals surface area contributed by atoms with Crippen molar-refractivity contribution in [3.8, 4) is 11.1 Å². The molecular formula is C42H39Cl2F3N6O3S. The first-order valence-corrected chi connectivity index (χ1v) is 20.2. The van der Waals surface area contributed by atoms with E-state index in [4.69, 9.17) is 28.2 Å². The van der Waals surface area contributed by atoms with Crippen molar-refractivity contribution in [3.05, 3.63) is 110 Å². The van der Waals surface area contributed by atoms with E-state index in [2.05, 4.69) is 26.3 Å². The first-order chi connectivity index (χ1) is 27.5. The lowest BCUT2D eigenvalue weighted by Gasteiger charge is -2.26. The van der Waals surface area contributed by atoms with Crippen molar-refractivity contribution in [2.24, 2.45) is 5.92 Å². The molecule has 15 heteroatoms. The Morgan fingerprint density at radius 3 is 2.46 bits per heavy atom. The van der Waals surface area contributed by atoms with E-state index in [1.54, 1.807) is 41.8 Å². The second-order valence-electron chi connectivity index (χ2n) is 14.2. The smallest absolute Gasteiger partial charge is 0.416 e. The fourth-order valence-electron chi connectivity index (χ4n) is 7.33. The molecule has 296 valence electrons. The summed E-state index contributed by atoms with van der Waals surface area (Å²) in [6.07, 6.45) is 4.48. The van der Waals surface area contributed by atoms with Gasteiger partial charge in [0.05, 0.1) is 37.6 Å². The van der Waals surface area contributed by atoms with Crippen LogP contribution >= 0.6 is 34.5 Å². The minimum absolute atomic E-state index is 0.00295. The number of carbonyl (C=O) groups is 1. The van der Waals surface area contributed by atoms with Gasteiger partial charge >= 0.3 is 12.1 Å². The Balaban J connectivity index is 1.07. The van der Waals surface area contributed by atoms with Crippen LogP contribution in [0.1, 0.15) is 65.8 Å². The number of nitrogens with one attached hydrogen (secondary N) is 4. The fraction of sp³-hybridized carbons (Fsp3) is 0.310. The van der Waals surface area contributed by atoms with Gasteiger partial charge in [-0.2, -0.15) is 13.2 Å². The van der Waals surface area contributed by atoms with Gasteiger partial charge in [-0.25, -0.2) is 14.8 Å².